The summed E-state index contributed by atoms with van der Waals surface area (Å²) in [7, 11) is 1.64. The molecule has 1 aliphatic rings. The maximum absolute atomic E-state index is 11.2. The molecule has 6 nitrogen and oxygen atoms in total. The Balaban J connectivity index is 2.09. The van der Waals surface area contributed by atoms with Crippen molar-refractivity contribution in [3.63, 3.8) is 0 Å². The topological polar surface area (TPSA) is 68.2 Å². The van der Waals surface area contributed by atoms with E-state index in [2.05, 4.69) is 6.92 Å². The quantitative estimate of drug-likeness (QED) is 0.601. The molecule has 0 aromatic carbocycles. The molecule has 1 heterocycles. The average molecular weight is 289 g/mol. The number of methoxy groups -OCH3 is 1. The van der Waals surface area contributed by atoms with Gasteiger partial charge in [-0.2, -0.15) is 0 Å². The maximum atomic E-state index is 11.2. The molecule has 0 saturated carbocycles. The molecule has 1 fully saturated rings. The predicted molar refractivity (Wildman–Crippen MR) is 74.9 cm³/mol. The Morgan fingerprint density at radius 3 is 2.50 bits per heavy atom. The van der Waals surface area contributed by atoms with Gasteiger partial charge < -0.3 is 19.3 Å². The molecule has 6 heteroatoms. The number of nitrogens with zero attached hydrogens (tertiary/aromatic N) is 1. The van der Waals surface area contributed by atoms with Crippen LogP contribution in [0.4, 0.5) is 0 Å². The van der Waals surface area contributed by atoms with Gasteiger partial charge in [0.1, 0.15) is 6.04 Å². The maximum Gasteiger partial charge on any atom is 0.320 e. The first-order valence-corrected chi connectivity index (χ1v) is 7.26. The highest BCUT2D eigenvalue weighted by atomic mass is 16.5. The average Bonchev–Trinajstić information content (AvgIpc) is 2.43. The molecule has 0 amide bonds. The highest BCUT2D eigenvalue weighted by molar-refractivity contribution is 5.73. The van der Waals surface area contributed by atoms with E-state index in [4.69, 9.17) is 14.2 Å². The SMILES string of the molecule is COCCOCCOCCN1CCC(C)CC1C(=O)O. The van der Waals surface area contributed by atoms with E-state index in [1.807, 2.05) is 4.90 Å². The number of hydrogen-bond acceptors (Lipinski definition) is 5. The fraction of sp³-hybridized carbons (Fsp3) is 0.929. The minimum atomic E-state index is -0.723. The van der Waals surface area contributed by atoms with Crippen molar-refractivity contribution in [2.75, 3.05) is 53.2 Å². The summed E-state index contributed by atoms with van der Waals surface area (Å²) in [6.07, 6.45) is 1.79. The monoisotopic (exact) mass is 289 g/mol. The molecular formula is C14H27NO5. The predicted octanol–water partition coefficient (Wildman–Crippen LogP) is 0.851. The zero-order valence-electron chi connectivity index (χ0n) is 12.5. The third kappa shape index (κ3) is 6.65. The van der Waals surface area contributed by atoms with Crippen LogP contribution in [0.1, 0.15) is 19.8 Å². The Bertz CT molecular complexity index is 274. The number of rotatable bonds is 10. The number of carboxylic acid groups (broad SMARTS) is 1. The normalized spacial score (nSPS) is 23.9. The fourth-order valence-corrected chi connectivity index (χ4v) is 2.36. The Morgan fingerprint density at radius 2 is 1.85 bits per heavy atom. The number of carboxylic acids is 1. The first-order chi connectivity index (χ1) is 9.65. The zero-order chi connectivity index (χ0) is 14.8. The van der Waals surface area contributed by atoms with Crippen LogP contribution in [0, 0.1) is 5.92 Å². The third-order valence-electron chi connectivity index (χ3n) is 3.59. The molecule has 1 saturated heterocycles. The van der Waals surface area contributed by atoms with E-state index in [-0.39, 0.29) is 6.04 Å². The van der Waals surface area contributed by atoms with Crippen LogP contribution < -0.4 is 0 Å². The van der Waals surface area contributed by atoms with Crippen LogP contribution in [0.25, 0.3) is 0 Å². The lowest BCUT2D eigenvalue weighted by molar-refractivity contribution is -0.145. The lowest BCUT2D eigenvalue weighted by atomic mass is 9.92. The van der Waals surface area contributed by atoms with Gasteiger partial charge in [0.2, 0.25) is 0 Å². The van der Waals surface area contributed by atoms with E-state index in [9.17, 15) is 9.90 Å². The Hall–Kier alpha value is -0.690. The number of ether oxygens (including phenoxy) is 3. The molecule has 118 valence electrons. The van der Waals surface area contributed by atoms with Crippen molar-refractivity contribution < 1.29 is 24.1 Å². The molecule has 20 heavy (non-hydrogen) atoms. The van der Waals surface area contributed by atoms with Crippen molar-refractivity contribution in [2.24, 2.45) is 5.92 Å². The molecule has 0 aromatic rings. The summed E-state index contributed by atoms with van der Waals surface area (Å²) in [6, 6.07) is -0.361. The molecule has 2 atom stereocenters. The Labute approximate surface area is 121 Å². The molecule has 0 aromatic heterocycles. The lowest BCUT2D eigenvalue weighted by Crippen LogP contribution is -2.48. The Kier molecular flexibility index (Phi) is 8.77. The van der Waals surface area contributed by atoms with Crippen LogP contribution >= 0.6 is 0 Å². The van der Waals surface area contributed by atoms with Crippen LogP contribution in [0.5, 0.6) is 0 Å². The fourth-order valence-electron chi connectivity index (χ4n) is 2.36. The molecule has 0 radical (unpaired) electrons. The second-order valence-electron chi connectivity index (χ2n) is 5.24. The van der Waals surface area contributed by atoms with E-state index in [0.717, 1.165) is 19.4 Å². The highest BCUT2D eigenvalue weighted by Crippen LogP contribution is 2.22. The van der Waals surface area contributed by atoms with E-state index in [0.29, 0.717) is 45.5 Å². The van der Waals surface area contributed by atoms with Crippen molar-refractivity contribution in [1.29, 1.82) is 0 Å². The minimum absolute atomic E-state index is 0.361. The van der Waals surface area contributed by atoms with Gasteiger partial charge in [0, 0.05) is 13.7 Å². The molecule has 0 spiro atoms. The summed E-state index contributed by atoms with van der Waals surface area (Å²) in [6.45, 7) is 6.41. The molecule has 2 unspecified atom stereocenters. The summed E-state index contributed by atoms with van der Waals surface area (Å²) in [5, 5.41) is 9.24. The number of likely N-dealkylation sites (tertiary alicyclic amines) is 1. The van der Waals surface area contributed by atoms with Crippen molar-refractivity contribution >= 4 is 5.97 Å². The number of carbonyl (C=O) groups is 1. The molecule has 1 rings (SSSR count). The standard InChI is InChI=1S/C14H27NO5/c1-12-3-4-15(13(11-12)14(16)17)5-6-19-9-10-20-8-7-18-2/h12-13H,3-11H2,1-2H3,(H,16,17). The van der Waals surface area contributed by atoms with Crippen molar-refractivity contribution in [3.05, 3.63) is 0 Å². The summed E-state index contributed by atoms with van der Waals surface area (Å²) >= 11 is 0. The molecule has 0 bridgehead atoms. The molecule has 1 N–H and O–H groups in total. The van der Waals surface area contributed by atoms with E-state index in [1.54, 1.807) is 7.11 Å². The number of aliphatic carboxylic acids is 1. The first-order valence-electron chi connectivity index (χ1n) is 7.26. The van der Waals surface area contributed by atoms with Crippen molar-refractivity contribution in [2.45, 2.75) is 25.8 Å². The van der Waals surface area contributed by atoms with E-state index in [1.165, 1.54) is 0 Å². The van der Waals surface area contributed by atoms with Gasteiger partial charge in [0.25, 0.3) is 0 Å². The van der Waals surface area contributed by atoms with Gasteiger partial charge >= 0.3 is 5.97 Å². The summed E-state index contributed by atoms with van der Waals surface area (Å²) in [5.41, 5.74) is 0. The van der Waals surface area contributed by atoms with Gasteiger partial charge in [-0.1, -0.05) is 6.92 Å². The number of hydrogen-bond donors (Lipinski definition) is 1. The van der Waals surface area contributed by atoms with Crippen LogP contribution in [-0.4, -0.2) is 75.3 Å². The molecular weight excluding hydrogens is 262 g/mol. The first kappa shape index (κ1) is 17.4. The summed E-state index contributed by atoms with van der Waals surface area (Å²) in [5.74, 6) is -0.234. The zero-order valence-corrected chi connectivity index (χ0v) is 12.5. The van der Waals surface area contributed by atoms with Gasteiger partial charge in [0.05, 0.1) is 33.0 Å². The van der Waals surface area contributed by atoms with Crippen LogP contribution in [0.3, 0.4) is 0 Å². The van der Waals surface area contributed by atoms with Gasteiger partial charge in [-0.05, 0) is 25.3 Å². The van der Waals surface area contributed by atoms with Gasteiger partial charge in [-0.25, -0.2) is 0 Å². The summed E-state index contributed by atoms with van der Waals surface area (Å²) in [4.78, 5) is 13.2. The van der Waals surface area contributed by atoms with Gasteiger partial charge in [-0.15, -0.1) is 0 Å². The highest BCUT2D eigenvalue weighted by Gasteiger charge is 2.31. The summed E-state index contributed by atoms with van der Waals surface area (Å²) < 4.78 is 15.6. The Morgan fingerprint density at radius 1 is 1.20 bits per heavy atom. The lowest BCUT2D eigenvalue weighted by Gasteiger charge is -2.35. The minimum Gasteiger partial charge on any atom is -0.480 e. The van der Waals surface area contributed by atoms with Crippen LogP contribution in [0.15, 0.2) is 0 Å². The van der Waals surface area contributed by atoms with E-state index >= 15 is 0 Å². The van der Waals surface area contributed by atoms with Crippen molar-refractivity contribution in [1.82, 2.24) is 4.90 Å². The number of piperidine rings is 1. The van der Waals surface area contributed by atoms with Crippen molar-refractivity contribution in [3.8, 4) is 0 Å². The van der Waals surface area contributed by atoms with Gasteiger partial charge in [-0.3, -0.25) is 9.69 Å². The van der Waals surface area contributed by atoms with E-state index < -0.39 is 5.97 Å². The van der Waals surface area contributed by atoms with Crippen LogP contribution in [0.2, 0.25) is 0 Å². The smallest absolute Gasteiger partial charge is 0.320 e. The van der Waals surface area contributed by atoms with Crippen LogP contribution in [-0.2, 0) is 19.0 Å². The second-order valence-corrected chi connectivity index (χ2v) is 5.24. The second kappa shape index (κ2) is 10.1. The molecule has 0 aliphatic carbocycles. The third-order valence-corrected chi connectivity index (χ3v) is 3.59. The largest absolute Gasteiger partial charge is 0.480 e. The molecule has 1 aliphatic heterocycles. The van der Waals surface area contributed by atoms with Gasteiger partial charge in [0.15, 0.2) is 0 Å².